The molecule has 1 aliphatic rings. The topological polar surface area (TPSA) is 58.6 Å². The summed E-state index contributed by atoms with van der Waals surface area (Å²) in [5.74, 6) is -0.580. The number of imide groups is 1. The highest BCUT2D eigenvalue weighted by Crippen LogP contribution is 2.33. The van der Waals surface area contributed by atoms with Gasteiger partial charge in [-0.3, -0.25) is 9.59 Å². The summed E-state index contributed by atoms with van der Waals surface area (Å²) in [5.41, 5.74) is 2.18. The molecule has 1 aliphatic heterocycles. The van der Waals surface area contributed by atoms with Crippen molar-refractivity contribution >= 4 is 23.2 Å². The second kappa shape index (κ2) is 5.99. The molecule has 5 heteroatoms. The Morgan fingerprint density at radius 2 is 1.55 bits per heavy atom. The summed E-state index contributed by atoms with van der Waals surface area (Å²) in [6.45, 7) is 1.13. The Morgan fingerprint density at radius 1 is 0.955 bits per heavy atom. The highest BCUT2D eigenvalue weighted by molar-refractivity contribution is 6.35. The van der Waals surface area contributed by atoms with Gasteiger partial charge in [0.15, 0.2) is 0 Å². The number of nitrogens with zero attached hydrogens (tertiary/aromatic N) is 1. The SMILES string of the molecule is COCCNc1ccccc1N1C(=O)c2ccccc2C1=O. The highest BCUT2D eigenvalue weighted by Gasteiger charge is 2.37. The number of carbonyl (C=O) groups is 2. The number of nitrogens with one attached hydrogen (secondary N) is 1. The standard InChI is InChI=1S/C17H16N2O3/c1-22-11-10-18-14-8-4-5-9-15(14)19-16(20)12-6-2-3-7-13(12)17(19)21/h2-9,18H,10-11H2,1H3. The van der Waals surface area contributed by atoms with E-state index < -0.39 is 0 Å². The van der Waals surface area contributed by atoms with Crippen LogP contribution in [0.5, 0.6) is 0 Å². The van der Waals surface area contributed by atoms with E-state index in [0.717, 1.165) is 5.69 Å². The third kappa shape index (κ3) is 2.35. The normalized spacial score (nSPS) is 13.4. The van der Waals surface area contributed by atoms with Crippen LogP contribution in [0.3, 0.4) is 0 Å². The van der Waals surface area contributed by atoms with Crippen molar-refractivity contribution in [3.8, 4) is 0 Å². The summed E-state index contributed by atoms with van der Waals surface area (Å²) in [7, 11) is 1.62. The number of hydrogen-bond donors (Lipinski definition) is 1. The molecule has 0 unspecified atom stereocenters. The van der Waals surface area contributed by atoms with Crippen LogP contribution in [0.4, 0.5) is 11.4 Å². The summed E-state index contributed by atoms with van der Waals surface area (Å²) in [6.07, 6.45) is 0. The first-order valence-corrected chi connectivity index (χ1v) is 7.03. The molecule has 0 saturated heterocycles. The molecule has 2 amide bonds. The van der Waals surface area contributed by atoms with E-state index in [1.54, 1.807) is 43.5 Å². The van der Waals surface area contributed by atoms with Crippen LogP contribution in [0.15, 0.2) is 48.5 Å². The molecule has 0 aromatic heterocycles. The van der Waals surface area contributed by atoms with Crippen LogP contribution >= 0.6 is 0 Å². The van der Waals surface area contributed by atoms with E-state index in [-0.39, 0.29) is 11.8 Å². The number of hydrogen-bond acceptors (Lipinski definition) is 4. The van der Waals surface area contributed by atoms with Gasteiger partial charge in [-0.1, -0.05) is 24.3 Å². The summed E-state index contributed by atoms with van der Waals surface area (Å²) in [5, 5.41) is 3.19. The molecular formula is C17H16N2O3. The minimum absolute atomic E-state index is 0.290. The van der Waals surface area contributed by atoms with Crippen LogP contribution in [0.1, 0.15) is 20.7 Å². The van der Waals surface area contributed by atoms with E-state index in [2.05, 4.69) is 5.32 Å². The fourth-order valence-electron chi connectivity index (χ4n) is 2.51. The van der Waals surface area contributed by atoms with Crippen LogP contribution in [0, 0.1) is 0 Å². The van der Waals surface area contributed by atoms with E-state index in [1.165, 1.54) is 4.90 Å². The quantitative estimate of drug-likeness (QED) is 0.680. The second-order valence-corrected chi connectivity index (χ2v) is 4.93. The molecule has 3 rings (SSSR count). The van der Waals surface area contributed by atoms with Crippen LogP contribution in [-0.2, 0) is 4.74 Å². The van der Waals surface area contributed by atoms with Gasteiger partial charge in [0, 0.05) is 13.7 Å². The number of benzene rings is 2. The Bertz CT molecular complexity index is 692. The van der Waals surface area contributed by atoms with Crippen molar-refractivity contribution in [3.63, 3.8) is 0 Å². The molecule has 112 valence electrons. The van der Waals surface area contributed by atoms with Crippen LogP contribution in [0.2, 0.25) is 0 Å². The van der Waals surface area contributed by atoms with Gasteiger partial charge in [0.1, 0.15) is 0 Å². The summed E-state index contributed by atoms with van der Waals surface area (Å²) in [4.78, 5) is 26.3. The third-order valence-corrected chi connectivity index (χ3v) is 3.56. The first-order valence-electron chi connectivity index (χ1n) is 7.03. The van der Waals surface area contributed by atoms with Gasteiger partial charge in [0.2, 0.25) is 0 Å². The predicted molar refractivity (Wildman–Crippen MR) is 84.4 cm³/mol. The molecule has 2 aromatic carbocycles. The first-order chi connectivity index (χ1) is 10.7. The largest absolute Gasteiger partial charge is 0.383 e. The number of amides is 2. The van der Waals surface area contributed by atoms with Gasteiger partial charge in [0.05, 0.1) is 29.1 Å². The zero-order chi connectivity index (χ0) is 15.5. The fourth-order valence-corrected chi connectivity index (χ4v) is 2.51. The maximum absolute atomic E-state index is 12.5. The number of fused-ring (bicyclic) bond motifs is 1. The molecule has 2 aromatic rings. The molecule has 0 radical (unpaired) electrons. The molecule has 1 heterocycles. The second-order valence-electron chi connectivity index (χ2n) is 4.93. The highest BCUT2D eigenvalue weighted by atomic mass is 16.5. The maximum atomic E-state index is 12.5. The Morgan fingerprint density at radius 3 is 2.18 bits per heavy atom. The number of anilines is 2. The molecule has 22 heavy (non-hydrogen) atoms. The molecule has 0 spiro atoms. The summed E-state index contributed by atoms with van der Waals surface area (Å²) < 4.78 is 5.01. The number of para-hydroxylation sites is 2. The van der Waals surface area contributed by atoms with Crippen molar-refractivity contribution in [2.45, 2.75) is 0 Å². The smallest absolute Gasteiger partial charge is 0.266 e. The van der Waals surface area contributed by atoms with Crippen LogP contribution in [0.25, 0.3) is 0 Å². The molecule has 0 saturated carbocycles. The molecule has 0 aliphatic carbocycles. The summed E-state index contributed by atoms with van der Waals surface area (Å²) >= 11 is 0. The van der Waals surface area contributed by atoms with E-state index in [4.69, 9.17) is 4.74 Å². The zero-order valence-corrected chi connectivity index (χ0v) is 12.2. The number of methoxy groups -OCH3 is 1. The van der Waals surface area contributed by atoms with Crippen molar-refractivity contribution in [1.29, 1.82) is 0 Å². The van der Waals surface area contributed by atoms with E-state index in [1.807, 2.05) is 12.1 Å². The molecule has 1 N–H and O–H groups in total. The van der Waals surface area contributed by atoms with Crippen molar-refractivity contribution in [2.75, 3.05) is 30.5 Å². The van der Waals surface area contributed by atoms with Gasteiger partial charge < -0.3 is 10.1 Å². The number of rotatable bonds is 5. The lowest BCUT2D eigenvalue weighted by Gasteiger charge is -2.19. The van der Waals surface area contributed by atoms with Gasteiger partial charge >= 0.3 is 0 Å². The predicted octanol–water partition coefficient (Wildman–Crippen LogP) is 2.55. The van der Waals surface area contributed by atoms with E-state index in [9.17, 15) is 9.59 Å². The van der Waals surface area contributed by atoms with Crippen molar-refractivity contribution < 1.29 is 14.3 Å². The lowest BCUT2D eigenvalue weighted by Crippen LogP contribution is -2.30. The third-order valence-electron chi connectivity index (χ3n) is 3.56. The minimum Gasteiger partial charge on any atom is -0.383 e. The Labute approximate surface area is 128 Å². The molecule has 0 fully saturated rings. The van der Waals surface area contributed by atoms with Crippen LogP contribution < -0.4 is 10.2 Å². The van der Waals surface area contributed by atoms with Gasteiger partial charge in [-0.15, -0.1) is 0 Å². The average Bonchev–Trinajstić information content (AvgIpc) is 2.80. The van der Waals surface area contributed by atoms with Gasteiger partial charge in [0.25, 0.3) is 11.8 Å². The number of ether oxygens (including phenoxy) is 1. The Hall–Kier alpha value is -2.66. The van der Waals surface area contributed by atoms with Crippen LogP contribution in [-0.4, -0.2) is 32.1 Å². The summed E-state index contributed by atoms with van der Waals surface area (Å²) in [6, 6.07) is 14.1. The van der Waals surface area contributed by atoms with Gasteiger partial charge in [-0.2, -0.15) is 0 Å². The Kier molecular flexibility index (Phi) is 3.89. The lowest BCUT2D eigenvalue weighted by atomic mass is 10.1. The van der Waals surface area contributed by atoms with Crippen molar-refractivity contribution in [2.24, 2.45) is 0 Å². The lowest BCUT2D eigenvalue weighted by molar-refractivity contribution is 0.0926. The Balaban J connectivity index is 1.96. The zero-order valence-electron chi connectivity index (χ0n) is 12.2. The van der Waals surface area contributed by atoms with E-state index in [0.29, 0.717) is 30.0 Å². The average molecular weight is 296 g/mol. The number of carbonyl (C=O) groups excluding carboxylic acids is 2. The maximum Gasteiger partial charge on any atom is 0.266 e. The fraction of sp³-hybridized carbons (Fsp3) is 0.176. The molecule has 5 nitrogen and oxygen atoms in total. The van der Waals surface area contributed by atoms with Gasteiger partial charge in [-0.05, 0) is 24.3 Å². The van der Waals surface area contributed by atoms with Crippen molar-refractivity contribution in [1.82, 2.24) is 0 Å². The van der Waals surface area contributed by atoms with Gasteiger partial charge in [-0.25, -0.2) is 4.90 Å². The first kappa shape index (κ1) is 14.3. The minimum atomic E-state index is -0.290. The van der Waals surface area contributed by atoms with Crippen molar-refractivity contribution in [3.05, 3.63) is 59.7 Å². The van der Waals surface area contributed by atoms with E-state index >= 15 is 0 Å². The monoisotopic (exact) mass is 296 g/mol. The molecular weight excluding hydrogens is 280 g/mol. The molecule has 0 bridgehead atoms. The molecule has 0 atom stereocenters.